The zero-order chi connectivity index (χ0) is 16.8. The topological polar surface area (TPSA) is 45.2 Å². The van der Waals surface area contributed by atoms with E-state index >= 15 is 0 Å². The Kier molecular flexibility index (Phi) is 6.25. The number of benzene rings is 1. The van der Waals surface area contributed by atoms with Crippen LogP contribution in [-0.2, 0) is 0 Å². The van der Waals surface area contributed by atoms with Gasteiger partial charge in [-0.2, -0.15) is 0 Å². The number of pyridine rings is 1. The van der Waals surface area contributed by atoms with Gasteiger partial charge in [-0.05, 0) is 36.8 Å². The number of nitrogens with one attached hydrogen (secondary N) is 1. The van der Waals surface area contributed by atoms with E-state index in [1.807, 2.05) is 11.9 Å². The van der Waals surface area contributed by atoms with E-state index < -0.39 is 0 Å². The fraction of sp³-hybridized carbons (Fsp3) is 0.294. The monoisotopic (exact) mass is 351 g/mol. The summed E-state index contributed by atoms with van der Waals surface area (Å²) in [5.41, 5.74) is 1.14. The number of amides is 1. The first-order valence-corrected chi connectivity index (χ1v) is 8.20. The minimum Gasteiger partial charge on any atom is -0.360 e. The van der Waals surface area contributed by atoms with Crippen molar-refractivity contribution in [2.24, 2.45) is 0 Å². The number of rotatable bonds is 6. The number of aromatic nitrogens is 1. The first-order valence-electron chi connectivity index (χ1n) is 7.45. The summed E-state index contributed by atoms with van der Waals surface area (Å²) < 4.78 is 0. The number of anilines is 2. The van der Waals surface area contributed by atoms with Crippen molar-refractivity contribution in [3.05, 3.63) is 52.1 Å². The van der Waals surface area contributed by atoms with Crippen LogP contribution in [0.2, 0.25) is 10.0 Å². The standard InChI is InChI=1S/C17H19Cl2N3O/c1-3-4-9-22(2)16-10-12(7-8-20-16)17(23)21-13-5-6-14(18)15(19)11-13/h5-8,10-11H,3-4,9H2,1-2H3,(H,21,23). The predicted octanol–water partition coefficient (Wildman–Crippen LogP) is 4.88. The number of hydrogen-bond acceptors (Lipinski definition) is 3. The molecule has 6 heteroatoms. The average molecular weight is 352 g/mol. The number of carbonyl (C=O) groups excluding carboxylic acids is 1. The van der Waals surface area contributed by atoms with E-state index in [9.17, 15) is 4.79 Å². The highest BCUT2D eigenvalue weighted by atomic mass is 35.5. The fourth-order valence-electron chi connectivity index (χ4n) is 2.06. The van der Waals surface area contributed by atoms with Crippen LogP contribution in [0.5, 0.6) is 0 Å². The second kappa shape index (κ2) is 8.18. The second-order valence-corrected chi connectivity index (χ2v) is 6.08. The van der Waals surface area contributed by atoms with Gasteiger partial charge in [0.05, 0.1) is 10.0 Å². The Morgan fingerprint density at radius 3 is 2.70 bits per heavy atom. The predicted molar refractivity (Wildman–Crippen MR) is 96.8 cm³/mol. The van der Waals surface area contributed by atoms with Gasteiger partial charge in [0.1, 0.15) is 5.82 Å². The Morgan fingerprint density at radius 1 is 1.22 bits per heavy atom. The Bertz CT molecular complexity index is 691. The lowest BCUT2D eigenvalue weighted by Crippen LogP contribution is -2.20. The number of hydrogen-bond donors (Lipinski definition) is 1. The highest BCUT2D eigenvalue weighted by molar-refractivity contribution is 6.42. The summed E-state index contributed by atoms with van der Waals surface area (Å²) in [6, 6.07) is 8.45. The molecule has 0 radical (unpaired) electrons. The first kappa shape index (κ1) is 17.6. The molecule has 0 atom stereocenters. The average Bonchev–Trinajstić information content (AvgIpc) is 2.56. The SMILES string of the molecule is CCCCN(C)c1cc(C(=O)Nc2ccc(Cl)c(Cl)c2)ccn1. The fourth-order valence-corrected chi connectivity index (χ4v) is 2.35. The number of nitrogens with zero attached hydrogens (tertiary/aromatic N) is 2. The molecule has 1 heterocycles. The molecule has 1 aromatic heterocycles. The first-order chi connectivity index (χ1) is 11.0. The largest absolute Gasteiger partial charge is 0.360 e. The van der Waals surface area contributed by atoms with Gasteiger partial charge in [0, 0.05) is 31.0 Å². The van der Waals surface area contributed by atoms with E-state index in [1.54, 1.807) is 36.5 Å². The van der Waals surface area contributed by atoms with Crippen molar-refractivity contribution in [1.29, 1.82) is 0 Å². The smallest absolute Gasteiger partial charge is 0.255 e. The van der Waals surface area contributed by atoms with Gasteiger partial charge in [-0.15, -0.1) is 0 Å². The zero-order valence-electron chi connectivity index (χ0n) is 13.1. The van der Waals surface area contributed by atoms with E-state index in [4.69, 9.17) is 23.2 Å². The molecule has 122 valence electrons. The van der Waals surface area contributed by atoms with Crippen molar-refractivity contribution in [2.45, 2.75) is 19.8 Å². The van der Waals surface area contributed by atoms with Gasteiger partial charge in [-0.1, -0.05) is 36.5 Å². The molecule has 0 aliphatic heterocycles. The van der Waals surface area contributed by atoms with Crippen molar-refractivity contribution in [3.8, 4) is 0 Å². The van der Waals surface area contributed by atoms with Gasteiger partial charge in [0.15, 0.2) is 0 Å². The van der Waals surface area contributed by atoms with Crippen molar-refractivity contribution in [3.63, 3.8) is 0 Å². The van der Waals surface area contributed by atoms with E-state index in [-0.39, 0.29) is 5.91 Å². The molecule has 23 heavy (non-hydrogen) atoms. The quantitative estimate of drug-likeness (QED) is 0.806. The highest BCUT2D eigenvalue weighted by Crippen LogP contribution is 2.25. The minimum absolute atomic E-state index is 0.212. The van der Waals surface area contributed by atoms with Crippen LogP contribution in [0, 0.1) is 0 Å². The lowest BCUT2D eigenvalue weighted by atomic mass is 10.2. The molecule has 0 spiro atoms. The molecule has 2 aromatic rings. The summed E-state index contributed by atoms with van der Waals surface area (Å²) in [6.07, 6.45) is 3.83. The lowest BCUT2D eigenvalue weighted by Gasteiger charge is -2.18. The van der Waals surface area contributed by atoms with Crippen LogP contribution in [0.25, 0.3) is 0 Å². The van der Waals surface area contributed by atoms with Crippen LogP contribution in [0.15, 0.2) is 36.5 Å². The molecule has 4 nitrogen and oxygen atoms in total. The molecule has 0 aliphatic rings. The molecule has 1 aromatic carbocycles. The van der Waals surface area contributed by atoms with E-state index in [0.717, 1.165) is 25.2 Å². The Morgan fingerprint density at radius 2 is 2.00 bits per heavy atom. The van der Waals surface area contributed by atoms with Crippen LogP contribution in [0.1, 0.15) is 30.1 Å². The number of unbranched alkanes of at least 4 members (excludes halogenated alkanes) is 1. The third-order valence-electron chi connectivity index (χ3n) is 3.42. The van der Waals surface area contributed by atoms with Crippen molar-refractivity contribution >= 4 is 40.6 Å². The van der Waals surface area contributed by atoms with E-state index in [1.165, 1.54) is 0 Å². The van der Waals surface area contributed by atoms with Gasteiger partial charge in [0.25, 0.3) is 5.91 Å². The van der Waals surface area contributed by atoms with Crippen LogP contribution in [0.3, 0.4) is 0 Å². The maximum atomic E-state index is 12.4. The molecule has 0 saturated heterocycles. The molecule has 1 N–H and O–H groups in total. The lowest BCUT2D eigenvalue weighted by molar-refractivity contribution is 0.102. The minimum atomic E-state index is -0.212. The second-order valence-electron chi connectivity index (χ2n) is 5.26. The summed E-state index contributed by atoms with van der Waals surface area (Å²) >= 11 is 11.8. The number of halogens is 2. The summed E-state index contributed by atoms with van der Waals surface area (Å²) in [6.45, 7) is 3.05. The van der Waals surface area contributed by atoms with Gasteiger partial charge >= 0.3 is 0 Å². The van der Waals surface area contributed by atoms with Crippen molar-refractivity contribution in [2.75, 3.05) is 23.8 Å². The number of carbonyl (C=O) groups is 1. The molecule has 0 unspecified atom stereocenters. The van der Waals surface area contributed by atoms with Gasteiger partial charge < -0.3 is 10.2 Å². The highest BCUT2D eigenvalue weighted by Gasteiger charge is 2.10. The Balaban J connectivity index is 2.11. The van der Waals surface area contributed by atoms with Crippen LogP contribution < -0.4 is 10.2 Å². The van der Waals surface area contributed by atoms with Crippen LogP contribution >= 0.6 is 23.2 Å². The normalized spacial score (nSPS) is 10.4. The van der Waals surface area contributed by atoms with E-state index in [2.05, 4.69) is 17.2 Å². The molecule has 0 saturated carbocycles. The van der Waals surface area contributed by atoms with Gasteiger partial charge in [-0.25, -0.2) is 4.98 Å². The third kappa shape index (κ3) is 4.85. The molecule has 0 bridgehead atoms. The molecule has 2 rings (SSSR count). The molecule has 1 amide bonds. The molecule has 0 aliphatic carbocycles. The van der Waals surface area contributed by atoms with Crippen LogP contribution in [-0.4, -0.2) is 24.5 Å². The van der Waals surface area contributed by atoms with E-state index in [0.29, 0.717) is 21.3 Å². The van der Waals surface area contributed by atoms with Gasteiger partial charge in [-0.3, -0.25) is 4.79 Å². The van der Waals surface area contributed by atoms with Gasteiger partial charge in [0.2, 0.25) is 0 Å². The third-order valence-corrected chi connectivity index (χ3v) is 4.16. The van der Waals surface area contributed by atoms with Crippen molar-refractivity contribution in [1.82, 2.24) is 4.98 Å². The summed E-state index contributed by atoms with van der Waals surface area (Å²) in [5.74, 6) is 0.566. The van der Waals surface area contributed by atoms with Crippen molar-refractivity contribution < 1.29 is 4.79 Å². The summed E-state index contributed by atoms with van der Waals surface area (Å²) in [7, 11) is 1.97. The molecule has 0 fully saturated rings. The molecular formula is C17H19Cl2N3O. The summed E-state index contributed by atoms with van der Waals surface area (Å²) in [4.78, 5) is 18.7. The molecular weight excluding hydrogens is 333 g/mol. The maximum absolute atomic E-state index is 12.4. The summed E-state index contributed by atoms with van der Waals surface area (Å²) in [5, 5.41) is 3.66. The maximum Gasteiger partial charge on any atom is 0.255 e. The Labute approximate surface area is 146 Å². The Hall–Kier alpha value is -1.78. The zero-order valence-corrected chi connectivity index (χ0v) is 14.7. The van der Waals surface area contributed by atoms with Crippen LogP contribution in [0.4, 0.5) is 11.5 Å².